The van der Waals surface area contributed by atoms with Crippen LogP contribution < -0.4 is 16.0 Å². The number of piperazine rings is 1. The van der Waals surface area contributed by atoms with E-state index in [1.165, 1.54) is 6.07 Å². The summed E-state index contributed by atoms with van der Waals surface area (Å²) in [6.07, 6.45) is -0.337. The fourth-order valence-corrected chi connectivity index (χ4v) is 3.29. The summed E-state index contributed by atoms with van der Waals surface area (Å²) in [7, 11) is 0. The Kier molecular flexibility index (Phi) is 6.16. The number of nitrogen functional groups attached to an aromatic ring is 1. The minimum Gasteiger partial charge on any atom is -0.444 e. The molecule has 0 saturated carbocycles. The van der Waals surface area contributed by atoms with Crippen LogP contribution in [-0.4, -0.2) is 47.8 Å². The van der Waals surface area contributed by atoms with Crippen molar-refractivity contribution >= 4 is 44.9 Å². The number of carbonyl (C=O) groups is 1. The van der Waals surface area contributed by atoms with Crippen LogP contribution in [0.1, 0.15) is 20.8 Å². The zero-order chi connectivity index (χ0) is 21.2. The Balaban J connectivity index is 1.64. The van der Waals surface area contributed by atoms with Crippen LogP contribution in [0.2, 0.25) is 0 Å². The number of nitrogens with one attached hydrogen (secondary N) is 1. The van der Waals surface area contributed by atoms with Gasteiger partial charge in [-0.2, -0.15) is 0 Å². The molecule has 1 amide bonds. The van der Waals surface area contributed by atoms with E-state index in [4.69, 9.17) is 10.5 Å². The van der Waals surface area contributed by atoms with Gasteiger partial charge >= 0.3 is 6.09 Å². The first-order chi connectivity index (χ1) is 13.6. The lowest BCUT2D eigenvalue weighted by molar-refractivity contribution is 0.0240. The molecule has 2 heterocycles. The molecule has 2 aromatic rings. The van der Waals surface area contributed by atoms with Gasteiger partial charge in [0.25, 0.3) is 0 Å². The lowest BCUT2D eigenvalue weighted by Crippen LogP contribution is -2.50. The molecule has 156 valence electrons. The van der Waals surface area contributed by atoms with Crippen molar-refractivity contribution in [2.45, 2.75) is 26.4 Å². The highest BCUT2D eigenvalue weighted by atomic mass is 79.9. The van der Waals surface area contributed by atoms with E-state index in [0.717, 1.165) is 0 Å². The van der Waals surface area contributed by atoms with Crippen molar-refractivity contribution in [2.24, 2.45) is 0 Å². The second-order valence-electron chi connectivity index (χ2n) is 7.82. The minimum absolute atomic E-state index is 0.337. The summed E-state index contributed by atoms with van der Waals surface area (Å²) in [6, 6.07) is 8.36. The summed E-state index contributed by atoms with van der Waals surface area (Å²) in [4.78, 5) is 20.0. The molecule has 0 atom stereocenters. The smallest absolute Gasteiger partial charge is 0.410 e. The number of anilines is 4. The van der Waals surface area contributed by atoms with Gasteiger partial charge in [0.1, 0.15) is 16.0 Å². The predicted molar refractivity (Wildman–Crippen MR) is 116 cm³/mol. The van der Waals surface area contributed by atoms with Crippen LogP contribution in [0, 0.1) is 5.82 Å². The largest absolute Gasteiger partial charge is 0.444 e. The number of nitrogens with zero attached hydrogens (tertiary/aromatic N) is 3. The maximum absolute atomic E-state index is 14.7. The summed E-state index contributed by atoms with van der Waals surface area (Å²) in [5, 5.41) is 3.03. The molecule has 0 radical (unpaired) electrons. The lowest BCUT2D eigenvalue weighted by atomic mass is 10.2. The molecule has 0 aliphatic carbocycles. The van der Waals surface area contributed by atoms with Crippen LogP contribution in [0.5, 0.6) is 0 Å². The van der Waals surface area contributed by atoms with Gasteiger partial charge in [0, 0.05) is 31.9 Å². The number of benzene rings is 1. The van der Waals surface area contributed by atoms with E-state index in [2.05, 4.69) is 26.2 Å². The maximum Gasteiger partial charge on any atom is 0.410 e. The molecule has 1 fully saturated rings. The van der Waals surface area contributed by atoms with E-state index in [9.17, 15) is 9.18 Å². The predicted octanol–water partition coefficient (Wildman–Crippen LogP) is 4.37. The number of hydrogen-bond donors (Lipinski definition) is 2. The Morgan fingerprint density at radius 3 is 2.52 bits per heavy atom. The van der Waals surface area contributed by atoms with Gasteiger partial charge in [-0.3, -0.25) is 0 Å². The van der Waals surface area contributed by atoms with Gasteiger partial charge in [0.05, 0.1) is 11.4 Å². The van der Waals surface area contributed by atoms with Gasteiger partial charge in [-0.05, 0) is 67.0 Å². The molecule has 0 bridgehead atoms. The van der Waals surface area contributed by atoms with E-state index in [0.29, 0.717) is 53.7 Å². The number of ether oxygens (including phenoxy) is 1. The van der Waals surface area contributed by atoms with Gasteiger partial charge in [-0.15, -0.1) is 0 Å². The quantitative estimate of drug-likeness (QED) is 0.654. The van der Waals surface area contributed by atoms with Crippen molar-refractivity contribution in [3.63, 3.8) is 0 Å². The average Bonchev–Trinajstić information content (AvgIpc) is 2.64. The topological polar surface area (TPSA) is 83.7 Å². The third-order valence-electron chi connectivity index (χ3n) is 4.37. The molecule has 1 aromatic carbocycles. The highest BCUT2D eigenvalue weighted by Gasteiger charge is 2.26. The molecule has 0 unspecified atom stereocenters. The van der Waals surface area contributed by atoms with E-state index in [-0.39, 0.29) is 11.9 Å². The van der Waals surface area contributed by atoms with E-state index in [1.807, 2.05) is 25.7 Å². The molecule has 7 nitrogen and oxygen atoms in total. The van der Waals surface area contributed by atoms with Gasteiger partial charge < -0.3 is 25.6 Å². The Labute approximate surface area is 178 Å². The van der Waals surface area contributed by atoms with Crippen LogP contribution in [0.4, 0.5) is 32.1 Å². The van der Waals surface area contributed by atoms with Gasteiger partial charge in [0.2, 0.25) is 0 Å². The molecule has 3 N–H and O–H groups in total. The zero-order valence-electron chi connectivity index (χ0n) is 16.7. The second kappa shape index (κ2) is 8.44. The number of pyridine rings is 1. The molecule has 1 aliphatic rings. The monoisotopic (exact) mass is 465 g/mol. The first kappa shape index (κ1) is 21.2. The van der Waals surface area contributed by atoms with E-state index < -0.39 is 5.60 Å². The highest BCUT2D eigenvalue weighted by molar-refractivity contribution is 9.10. The molecular formula is C20H25BrFN5O2. The zero-order valence-corrected chi connectivity index (χ0v) is 18.3. The first-order valence-electron chi connectivity index (χ1n) is 9.34. The summed E-state index contributed by atoms with van der Waals surface area (Å²) in [5.74, 6) is 0.104. The Morgan fingerprint density at radius 2 is 1.90 bits per heavy atom. The molecule has 1 aliphatic heterocycles. The summed E-state index contributed by atoms with van der Waals surface area (Å²) in [6.45, 7) is 7.53. The normalized spacial score (nSPS) is 14.7. The van der Waals surface area contributed by atoms with Crippen molar-refractivity contribution < 1.29 is 13.9 Å². The van der Waals surface area contributed by atoms with E-state index in [1.54, 1.807) is 29.2 Å². The molecule has 9 heteroatoms. The van der Waals surface area contributed by atoms with Crippen LogP contribution in [-0.2, 0) is 4.74 Å². The minimum atomic E-state index is -0.532. The fourth-order valence-electron chi connectivity index (χ4n) is 2.98. The van der Waals surface area contributed by atoms with Gasteiger partial charge in [0.15, 0.2) is 5.82 Å². The van der Waals surface area contributed by atoms with Crippen LogP contribution in [0.25, 0.3) is 0 Å². The average molecular weight is 466 g/mol. The van der Waals surface area contributed by atoms with Crippen LogP contribution >= 0.6 is 15.9 Å². The van der Waals surface area contributed by atoms with Crippen molar-refractivity contribution in [3.05, 3.63) is 40.8 Å². The Morgan fingerprint density at radius 1 is 1.21 bits per heavy atom. The Hall–Kier alpha value is -2.55. The van der Waals surface area contributed by atoms with Crippen molar-refractivity contribution in [1.82, 2.24) is 9.88 Å². The van der Waals surface area contributed by atoms with Crippen molar-refractivity contribution in [1.29, 1.82) is 0 Å². The molecule has 29 heavy (non-hydrogen) atoms. The van der Waals surface area contributed by atoms with E-state index >= 15 is 0 Å². The first-order valence-corrected chi connectivity index (χ1v) is 10.1. The van der Waals surface area contributed by atoms with Crippen LogP contribution in [0.15, 0.2) is 34.9 Å². The number of hydrogen-bond acceptors (Lipinski definition) is 6. The SMILES string of the molecule is CC(C)(C)OC(=O)N1CCN(c2ccc(Nc3nc(Br)ccc3N)cc2F)CC1. The fraction of sp³-hybridized carbons (Fsp3) is 0.400. The number of nitrogens with two attached hydrogens (primary N) is 1. The molecule has 1 aromatic heterocycles. The molecule has 3 rings (SSSR count). The van der Waals surface area contributed by atoms with Crippen molar-refractivity contribution in [3.8, 4) is 0 Å². The summed E-state index contributed by atoms with van der Waals surface area (Å²) in [5.41, 5.74) is 6.89. The number of amides is 1. The van der Waals surface area contributed by atoms with Crippen molar-refractivity contribution in [2.75, 3.05) is 42.1 Å². The molecule has 0 spiro atoms. The molecular weight excluding hydrogens is 441 g/mol. The Bertz CT molecular complexity index is 895. The molecule has 1 saturated heterocycles. The number of halogens is 2. The lowest BCUT2D eigenvalue weighted by Gasteiger charge is -2.36. The van der Waals surface area contributed by atoms with Gasteiger partial charge in [-0.25, -0.2) is 14.2 Å². The standard InChI is InChI=1S/C20H25BrFN5O2/c1-20(2,3)29-19(28)27-10-8-26(9-11-27)16-6-4-13(12-14(16)22)24-18-15(23)5-7-17(21)25-18/h4-7,12H,8-11,23H2,1-3H3,(H,24,25). The van der Waals surface area contributed by atoms with Crippen LogP contribution in [0.3, 0.4) is 0 Å². The summed E-state index contributed by atoms with van der Waals surface area (Å²) < 4.78 is 20.8. The van der Waals surface area contributed by atoms with Gasteiger partial charge in [-0.1, -0.05) is 0 Å². The highest BCUT2D eigenvalue weighted by Crippen LogP contribution is 2.28. The number of rotatable bonds is 3. The summed E-state index contributed by atoms with van der Waals surface area (Å²) >= 11 is 3.29. The third-order valence-corrected chi connectivity index (χ3v) is 4.82. The number of carbonyl (C=O) groups excluding carboxylic acids is 1. The third kappa shape index (κ3) is 5.50. The second-order valence-corrected chi connectivity index (χ2v) is 8.63. The maximum atomic E-state index is 14.7. The number of aromatic nitrogens is 1.